The van der Waals surface area contributed by atoms with Crippen LogP contribution in [0.25, 0.3) is 6.08 Å². The lowest BCUT2D eigenvalue weighted by atomic mass is 10.2. The van der Waals surface area contributed by atoms with Gasteiger partial charge in [-0.3, -0.25) is 15.0 Å². The summed E-state index contributed by atoms with van der Waals surface area (Å²) in [6.45, 7) is 0.705. The first-order valence-corrected chi connectivity index (χ1v) is 11.9. The molecule has 1 saturated heterocycles. The molecule has 3 aromatic rings. The highest BCUT2D eigenvalue weighted by Gasteiger charge is 2.34. The number of amides is 2. The number of para-hydroxylation sites is 2. The van der Waals surface area contributed by atoms with Crippen LogP contribution in [-0.2, 0) is 4.79 Å². The molecule has 1 heterocycles. The average molecular weight is 507 g/mol. The van der Waals surface area contributed by atoms with Gasteiger partial charge in [0.1, 0.15) is 30.5 Å². The molecule has 1 N–H and O–H groups in total. The van der Waals surface area contributed by atoms with Crippen molar-refractivity contribution in [1.82, 2.24) is 10.4 Å². The Morgan fingerprint density at radius 1 is 0.943 bits per heavy atom. The van der Waals surface area contributed by atoms with Gasteiger partial charge in [0.15, 0.2) is 4.32 Å². The van der Waals surface area contributed by atoms with Gasteiger partial charge in [-0.2, -0.15) is 5.01 Å². The van der Waals surface area contributed by atoms with Crippen LogP contribution in [-0.4, -0.2) is 41.5 Å². The minimum atomic E-state index is -0.452. The number of hydrogen-bond donors (Lipinski definition) is 1. The van der Waals surface area contributed by atoms with Gasteiger partial charge in [-0.1, -0.05) is 48.2 Å². The van der Waals surface area contributed by atoms with Gasteiger partial charge in [0.05, 0.1) is 12.0 Å². The molecule has 9 heteroatoms. The second kappa shape index (κ2) is 11.5. The van der Waals surface area contributed by atoms with Crippen LogP contribution < -0.4 is 19.6 Å². The number of hydrazine groups is 1. The Kier molecular flexibility index (Phi) is 8.02. The van der Waals surface area contributed by atoms with Crippen LogP contribution in [0.4, 0.5) is 0 Å². The first-order valence-electron chi connectivity index (χ1n) is 10.7. The molecule has 35 heavy (non-hydrogen) atoms. The summed E-state index contributed by atoms with van der Waals surface area (Å²) in [5.74, 6) is 1.14. The lowest BCUT2D eigenvalue weighted by molar-refractivity contribution is -0.123. The van der Waals surface area contributed by atoms with Crippen molar-refractivity contribution < 1.29 is 23.8 Å². The molecule has 3 aromatic carbocycles. The number of thiocarbonyl (C=S) groups is 1. The Bertz CT molecular complexity index is 1250. The molecule has 0 saturated carbocycles. The molecule has 0 bridgehead atoms. The molecule has 2 amide bonds. The predicted octanol–water partition coefficient (Wildman–Crippen LogP) is 4.70. The molecule has 1 fully saturated rings. The summed E-state index contributed by atoms with van der Waals surface area (Å²) in [5, 5.41) is 1.08. The summed E-state index contributed by atoms with van der Waals surface area (Å²) in [5.41, 5.74) is 3.67. The van der Waals surface area contributed by atoms with Crippen molar-refractivity contribution in [3.8, 4) is 17.2 Å². The molecular formula is C26H22N2O5S2. The van der Waals surface area contributed by atoms with Crippen molar-refractivity contribution in [2.24, 2.45) is 0 Å². The largest absolute Gasteiger partial charge is 0.497 e. The topological polar surface area (TPSA) is 77.1 Å². The number of methoxy groups -OCH3 is 1. The number of carbonyl (C=O) groups excluding carboxylic acids is 2. The maximum Gasteiger partial charge on any atom is 0.285 e. The van der Waals surface area contributed by atoms with E-state index in [0.29, 0.717) is 40.7 Å². The molecule has 0 unspecified atom stereocenters. The van der Waals surface area contributed by atoms with E-state index in [1.54, 1.807) is 37.5 Å². The first kappa shape index (κ1) is 24.3. The molecule has 7 nitrogen and oxygen atoms in total. The van der Waals surface area contributed by atoms with Crippen LogP contribution >= 0.6 is 24.0 Å². The van der Waals surface area contributed by atoms with Crippen LogP contribution in [0.1, 0.15) is 15.9 Å². The number of ether oxygens (including phenoxy) is 3. The Morgan fingerprint density at radius 3 is 2.37 bits per heavy atom. The van der Waals surface area contributed by atoms with E-state index in [1.165, 1.54) is 0 Å². The minimum absolute atomic E-state index is 0.234. The lowest BCUT2D eigenvalue weighted by Gasteiger charge is -2.15. The number of carbonyl (C=O) groups is 2. The highest BCUT2D eigenvalue weighted by Crippen LogP contribution is 2.33. The van der Waals surface area contributed by atoms with E-state index in [-0.39, 0.29) is 4.32 Å². The van der Waals surface area contributed by atoms with E-state index in [2.05, 4.69) is 5.43 Å². The molecule has 0 aliphatic carbocycles. The second-order valence-corrected chi connectivity index (χ2v) is 8.91. The third-order valence-corrected chi connectivity index (χ3v) is 6.22. The van der Waals surface area contributed by atoms with E-state index in [4.69, 9.17) is 26.4 Å². The van der Waals surface area contributed by atoms with Crippen molar-refractivity contribution in [3.63, 3.8) is 0 Å². The highest BCUT2D eigenvalue weighted by molar-refractivity contribution is 8.26. The fraction of sp³-hybridized carbons (Fsp3) is 0.115. The van der Waals surface area contributed by atoms with E-state index in [0.717, 1.165) is 22.5 Å². The van der Waals surface area contributed by atoms with Crippen LogP contribution in [0.5, 0.6) is 17.2 Å². The zero-order chi connectivity index (χ0) is 24.6. The summed E-state index contributed by atoms with van der Waals surface area (Å²) in [6, 6.07) is 23.4. The first-order chi connectivity index (χ1) is 17.0. The van der Waals surface area contributed by atoms with Crippen LogP contribution in [0.3, 0.4) is 0 Å². The smallest absolute Gasteiger partial charge is 0.285 e. The zero-order valence-corrected chi connectivity index (χ0v) is 20.4. The van der Waals surface area contributed by atoms with Crippen molar-refractivity contribution in [3.05, 3.63) is 94.9 Å². The molecule has 0 spiro atoms. The van der Waals surface area contributed by atoms with Crippen molar-refractivity contribution in [2.45, 2.75) is 0 Å². The Balaban J connectivity index is 1.40. The molecular weight excluding hydrogens is 484 g/mol. The van der Waals surface area contributed by atoms with Gasteiger partial charge in [-0.05, 0) is 60.8 Å². The van der Waals surface area contributed by atoms with Crippen molar-refractivity contribution in [2.75, 3.05) is 20.3 Å². The van der Waals surface area contributed by atoms with Gasteiger partial charge in [-0.15, -0.1) is 0 Å². The molecule has 178 valence electrons. The lowest BCUT2D eigenvalue weighted by Crippen LogP contribution is -2.44. The summed E-state index contributed by atoms with van der Waals surface area (Å²) in [4.78, 5) is 25.9. The Hall–Kier alpha value is -3.82. The van der Waals surface area contributed by atoms with Gasteiger partial charge in [0.2, 0.25) is 0 Å². The molecule has 0 atom stereocenters. The summed E-state index contributed by atoms with van der Waals surface area (Å²) in [6.07, 6.45) is 1.70. The third kappa shape index (κ3) is 6.20. The van der Waals surface area contributed by atoms with Crippen LogP contribution in [0, 0.1) is 0 Å². The monoisotopic (exact) mass is 506 g/mol. The van der Waals surface area contributed by atoms with E-state index in [1.807, 2.05) is 54.6 Å². The summed E-state index contributed by atoms with van der Waals surface area (Å²) in [7, 11) is 1.54. The summed E-state index contributed by atoms with van der Waals surface area (Å²) >= 11 is 6.44. The molecule has 1 aliphatic rings. The van der Waals surface area contributed by atoms with Gasteiger partial charge in [0.25, 0.3) is 11.8 Å². The minimum Gasteiger partial charge on any atom is -0.497 e. The fourth-order valence-corrected chi connectivity index (χ4v) is 4.34. The van der Waals surface area contributed by atoms with Crippen LogP contribution in [0.2, 0.25) is 0 Å². The van der Waals surface area contributed by atoms with E-state index < -0.39 is 11.8 Å². The number of hydrogen-bond acceptors (Lipinski definition) is 7. The Morgan fingerprint density at radius 2 is 1.63 bits per heavy atom. The highest BCUT2D eigenvalue weighted by atomic mass is 32.2. The normalized spacial score (nSPS) is 14.2. The number of benzene rings is 3. The molecule has 0 radical (unpaired) electrons. The number of thioether (sulfide) groups is 1. The van der Waals surface area contributed by atoms with Crippen molar-refractivity contribution >= 4 is 46.2 Å². The summed E-state index contributed by atoms with van der Waals surface area (Å²) < 4.78 is 16.9. The predicted molar refractivity (Wildman–Crippen MR) is 139 cm³/mol. The van der Waals surface area contributed by atoms with Crippen LogP contribution in [0.15, 0.2) is 83.8 Å². The number of nitrogens with one attached hydrogen (secondary N) is 1. The van der Waals surface area contributed by atoms with E-state index >= 15 is 0 Å². The average Bonchev–Trinajstić information content (AvgIpc) is 3.15. The maximum absolute atomic E-state index is 13.0. The van der Waals surface area contributed by atoms with Gasteiger partial charge in [-0.25, -0.2) is 0 Å². The van der Waals surface area contributed by atoms with E-state index in [9.17, 15) is 9.59 Å². The number of rotatable bonds is 9. The maximum atomic E-state index is 13.0. The fourth-order valence-electron chi connectivity index (χ4n) is 3.17. The van der Waals surface area contributed by atoms with Gasteiger partial charge >= 0.3 is 0 Å². The van der Waals surface area contributed by atoms with Gasteiger partial charge < -0.3 is 14.2 Å². The molecule has 1 aliphatic heterocycles. The zero-order valence-electron chi connectivity index (χ0n) is 18.8. The number of nitrogens with zero attached hydrogens (tertiary/aromatic N) is 1. The van der Waals surface area contributed by atoms with Crippen molar-refractivity contribution in [1.29, 1.82) is 0 Å². The quantitative estimate of drug-likeness (QED) is 0.256. The Labute approximate surface area is 212 Å². The molecule has 4 rings (SSSR count). The second-order valence-electron chi connectivity index (χ2n) is 7.23. The SMILES string of the molecule is COc1ccc(C(=O)NN2C(=O)/C(=C\c3ccccc3OCCOc3ccccc3)SC2=S)cc1. The third-order valence-electron chi connectivity index (χ3n) is 4.92. The molecule has 0 aromatic heterocycles. The standard InChI is InChI=1S/C26H22N2O5S2/c1-31-20-13-11-18(12-14-20)24(29)27-28-25(30)23(35-26(28)34)17-19-7-5-6-10-22(19)33-16-15-32-21-8-3-2-4-9-21/h2-14,17H,15-16H2,1H3,(H,27,29)/b23-17+. The van der Waals surface area contributed by atoms with Gasteiger partial charge in [0, 0.05) is 11.1 Å².